The zero-order chi connectivity index (χ0) is 20.7. The maximum atomic E-state index is 12.0. The first-order valence-corrected chi connectivity index (χ1v) is 9.75. The Morgan fingerprint density at radius 1 is 1.41 bits per heavy atom. The van der Waals surface area contributed by atoms with Gasteiger partial charge in [-0.25, -0.2) is 0 Å². The van der Waals surface area contributed by atoms with Gasteiger partial charge in [0, 0.05) is 24.1 Å². The quantitative estimate of drug-likeness (QED) is 0.685. The van der Waals surface area contributed by atoms with E-state index in [4.69, 9.17) is 15.1 Å². The van der Waals surface area contributed by atoms with Crippen LogP contribution in [0.1, 0.15) is 49.2 Å². The van der Waals surface area contributed by atoms with E-state index < -0.39 is 13.0 Å². The first kappa shape index (κ1) is 19.5. The van der Waals surface area contributed by atoms with Gasteiger partial charge in [0.15, 0.2) is 5.82 Å². The highest BCUT2D eigenvalue weighted by molar-refractivity contribution is 6.55. The Kier molecular flexibility index (Phi) is 5.10. The Balaban J connectivity index is 1.66. The molecule has 2 atom stereocenters. The van der Waals surface area contributed by atoms with Crippen molar-refractivity contribution in [2.45, 2.75) is 33.2 Å². The van der Waals surface area contributed by atoms with Gasteiger partial charge in [-0.15, -0.1) is 0 Å². The van der Waals surface area contributed by atoms with Crippen LogP contribution in [0.5, 0.6) is 5.75 Å². The van der Waals surface area contributed by atoms with Crippen LogP contribution in [0, 0.1) is 5.92 Å². The highest BCUT2D eigenvalue weighted by Crippen LogP contribution is 2.36. The third kappa shape index (κ3) is 3.63. The summed E-state index contributed by atoms with van der Waals surface area (Å²) in [4.78, 5) is 12.0. The number of carbonyl (C=O) groups is 1. The van der Waals surface area contributed by atoms with E-state index in [1.807, 2.05) is 26.0 Å². The fourth-order valence-electron chi connectivity index (χ4n) is 3.75. The van der Waals surface area contributed by atoms with E-state index >= 15 is 0 Å². The summed E-state index contributed by atoms with van der Waals surface area (Å²) in [5.41, 5.74) is 9.27. The third-order valence-electron chi connectivity index (χ3n) is 5.85. The van der Waals surface area contributed by atoms with Crippen molar-refractivity contribution in [3.8, 4) is 5.75 Å². The van der Waals surface area contributed by atoms with Crippen LogP contribution in [-0.2, 0) is 4.74 Å². The van der Waals surface area contributed by atoms with E-state index in [-0.39, 0.29) is 6.04 Å². The molecule has 0 radical (unpaired) electrons. The molecule has 0 bridgehead atoms. The van der Waals surface area contributed by atoms with Crippen LogP contribution in [0.2, 0.25) is 0 Å². The molecule has 1 saturated heterocycles. The molecule has 9 heteroatoms. The number of benzene rings is 1. The number of ether oxygens (including phenoxy) is 1. The number of hydrogen-bond donors (Lipinski definition) is 3. The summed E-state index contributed by atoms with van der Waals surface area (Å²) in [6, 6.07) is 5.57. The van der Waals surface area contributed by atoms with Gasteiger partial charge < -0.3 is 25.5 Å². The Morgan fingerprint density at radius 2 is 2.21 bits per heavy atom. The summed E-state index contributed by atoms with van der Waals surface area (Å²) in [5, 5.41) is 17.8. The van der Waals surface area contributed by atoms with Gasteiger partial charge in [-0.05, 0) is 55.4 Å². The summed E-state index contributed by atoms with van der Waals surface area (Å²) in [6.45, 7) is 7.23. The van der Waals surface area contributed by atoms with Crippen LogP contribution in [0.15, 0.2) is 29.9 Å². The molecular weight excluding hydrogens is 371 g/mol. The van der Waals surface area contributed by atoms with Crippen molar-refractivity contribution in [1.29, 1.82) is 0 Å². The lowest BCUT2D eigenvalue weighted by molar-refractivity contribution is 0.0238. The molecule has 3 heterocycles. The summed E-state index contributed by atoms with van der Waals surface area (Å²) in [5.74, 6) is 0.866. The van der Waals surface area contributed by atoms with Gasteiger partial charge in [0.1, 0.15) is 11.3 Å². The fraction of sp³-hybridized carbons (Fsp3) is 0.400. The Bertz CT molecular complexity index is 987. The molecule has 2 aromatic rings. The smallest absolute Gasteiger partial charge is 0.532 e. The maximum absolute atomic E-state index is 12.0. The minimum atomic E-state index is -0.932. The van der Waals surface area contributed by atoms with E-state index in [0.29, 0.717) is 29.7 Å². The number of nitrogens with zero attached hydrogens (tertiary/aromatic N) is 2. The average Bonchev–Trinajstić information content (AvgIpc) is 3.11. The monoisotopic (exact) mass is 396 g/mol. The standard InChI is InChI=1S/C20H25BN4O4/c1-11-6-7-28-10-17(11)25-9-16(19(22)26)20(24-25)23-14-4-5-18-15(8-14)12(2)13(3)21(27)29-18/h4-5,8-9,11,17,27H,6-7,10H2,1-3H3,(H2,22,26)(H,23,24)/t11-,17-/m0/s1. The lowest BCUT2D eigenvalue weighted by Crippen LogP contribution is -2.28. The number of carbonyl (C=O) groups excluding carboxylic acids is 1. The zero-order valence-electron chi connectivity index (χ0n) is 16.8. The summed E-state index contributed by atoms with van der Waals surface area (Å²) in [7, 11) is -0.932. The molecule has 4 N–H and O–H groups in total. The average molecular weight is 396 g/mol. The molecule has 1 amide bonds. The van der Waals surface area contributed by atoms with E-state index in [1.165, 1.54) is 0 Å². The van der Waals surface area contributed by atoms with E-state index in [2.05, 4.69) is 17.3 Å². The van der Waals surface area contributed by atoms with Gasteiger partial charge in [0.2, 0.25) is 0 Å². The molecule has 1 aromatic heterocycles. The normalized spacial score (nSPS) is 21.6. The highest BCUT2D eigenvalue weighted by atomic mass is 16.5. The molecule has 29 heavy (non-hydrogen) atoms. The topological polar surface area (TPSA) is 112 Å². The SMILES string of the molecule is CC1=C(C)c2cc(Nc3nn([C@H]4COCC[C@@H]4C)cc3C(N)=O)ccc2OB1O. The number of allylic oxidation sites excluding steroid dienone is 2. The first-order valence-electron chi connectivity index (χ1n) is 9.75. The highest BCUT2D eigenvalue weighted by Gasteiger charge is 2.29. The molecule has 0 spiro atoms. The van der Waals surface area contributed by atoms with Crippen LogP contribution >= 0.6 is 0 Å². The number of aromatic nitrogens is 2. The summed E-state index contributed by atoms with van der Waals surface area (Å²) >= 11 is 0. The molecule has 4 rings (SSSR count). The molecule has 2 aliphatic rings. The Labute approximate surface area is 169 Å². The van der Waals surface area contributed by atoms with Crippen molar-refractivity contribution in [3.63, 3.8) is 0 Å². The van der Waals surface area contributed by atoms with Gasteiger partial charge in [-0.3, -0.25) is 9.48 Å². The minimum Gasteiger partial charge on any atom is -0.532 e. The van der Waals surface area contributed by atoms with E-state index in [0.717, 1.165) is 35.3 Å². The predicted octanol–water partition coefficient (Wildman–Crippen LogP) is 2.53. The number of primary amides is 1. The maximum Gasteiger partial charge on any atom is 0.555 e. The van der Waals surface area contributed by atoms with E-state index in [9.17, 15) is 9.82 Å². The number of amides is 1. The van der Waals surface area contributed by atoms with Gasteiger partial charge in [-0.1, -0.05) is 6.92 Å². The van der Waals surface area contributed by atoms with Crippen LogP contribution in [0.4, 0.5) is 11.5 Å². The van der Waals surface area contributed by atoms with Gasteiger partial charge in [0.05, 0.1) is 12.6 Å². The first-order chi connectivity index (χ1) is 13.8. The zero-order valence-corrected chi connectivity index (χ0v) is 16.8. The Hall–Kier alpha value is -2.78. The van der Waals surface area contributed by atoms with Crippen LogP contribution in [0.25, 0.3) is 5.57 Å². The second-order valence-corrected chi connectivity index (χ2v) is 7.76. The van der Waals surface area contributed by atoms with Crippen molar-refractivity contribution >= 4 is 30.1 Å². The minimum absolute atomic E-state index is 0.0589. The number of nitrogens with one attached hydrogen (secondary N) is 1. The largest absolute Gasteiger partial charge is 0.555 e. The molecular formula is C20H25BN4O4. The number of nitrogens with two attached hydrogens (primary N) is 1. The van der Waals surface area contributed by atoms with Crippen molar-refractivity contribution in [1.82, 2.24) is 9.78 Å². The van der Waals surface area contributed by atoms with E-state index in [1.54, 1.807) is 16.9 Å². The summed E-state index contributed by atoms with van der Waals surface area (Å²) < 4.78 is 12.9. The second kappa shape index (κ2) is 7.57. The van der Waals surface area contributed by atoms with Crippen molar-refractivity contribution in [3.05, 3.63) is 41.0 Å². The second-order valence-electron chi connectivity index (χ2n) is 7.76. The number of fused-ring (bicyclic) bond motifs is 1. The van der Waals surface area contributed by atoms with Crippen LogP contribution in [0.3, 0.4) is 0 Å². The molecule has 1 aromatic carbocycles. The molecule has 1 fully saturated rings. The van der Waals surface area contributed by atoms with Crippen molar-refractivity contribution in [2.75, 3.05) is 18.5 Å². The van der Waals surface area contributed by atoms with Crippen LogP contribution < -0.4 is 15.7 Å². The Morgan fingerprint density at radius 3 is 2.93 bits per heavy atom. The van der Waals surface area contributed by atoms with Crippen molar-refractivity contribution in [2.24, 2.45) is 11.7 Å². The van der Waals surface area contributed by atoms with Gasteiger partial charge >= 0.3 is 7.12 Å². The summed E-state index contributed by atoms with van der Waals surface area (Å²) in [6.07, 6.45) is 2.63. The van der Waals surface area contributed by atoms with Crippen LogP contribution in [-0.4, -0.2) is 41.0 Å². The molecule has 0 saturated carbocycles. The molecule has 0 unspecified atom stereocenters. The number of hydrogen-bond acceptors (Lipinski definition) is 6. The third-order valence-corrected chi connectivity index (χ3v) is 5.85. The molecule has 2 aliphatic heterocycles. The molecule has 152 valence electrons. The fourth-order valence-corrected chi connectivity index (χ4v) is 3.75. The molecule has 8 nitrogen and oxygen atoms in total. The molecule has 0 aliphatic carbocycles. The van der Waals surface area contributed by atoms with Crippen molar-refractivity contribution < 1.29 is 19.2 Å². The lowest BCUT2D eigenvalue weighted by Gasteiger charge is -2.28. The number of rotatable bonds is 4. The van der Waals surface area contributed by atoms with Gasteiger partial charge in [0.25, 0.3) is 5.91 Å². The van der Waals surface area contributed by atoms with Gasteiger partial charge in [-0.2, -0.15) is 5.10 Å². The lowest BCUT2D eigenvalue weighted by atomic mass is 9.73. The number of anilines is 2. The predicted molar refractivity (Wildman–Crippen MR) is 111 cm³/mol.